The Morgan fingerprint density at radius 3 is 2.59 bits per heavy atom. The molecule has 0 N–H and O–H groups in total. The lowest BCUT2D eigenvalue weighted by atomic mass is 9.98. The van der Waals surface area contributed by atoms with Crippen LogP contribution < -0.4 is 14.4 Å². The van der Waals surface area contributed by atoms with Gasteiger partial charge in [-0.1, -0.05) is 12.1 Å². The van der Waals surface area contributed by atoms with E-state index in [2.05, 4.69) is 0 Å². The van der Waals surface area contributed by atoms with Crippen molar-refractivity contribution in [3.63, 3.8) is 0 Å². The van der Waals surface area contributed by atoms with Crippen LogP contribution in [0.5, 0.6) is 11.5 Å². The average Bonchev–Trinajstić information content (AvgIpc) is 3.35. The molecule has 140 valence electrons. The summed E-state index contributed by atoms with van der Waals surface area (Å²) < 4.78 is 25.6. The van der Waals surface area contributed by atoms with Crippen molar-refractivity contribution in [1.82, 2.24) is 4.90 Å². The Morgan fingerprint density at radius 2 is 1.78 bits per heavy atom. The van der Waals surface area contributed by atoms with Crippen molar-refractivity contribution in [3.8, 4) is 11.5 Å². The Labute approximate surface area is 157 Å². The van der Waals surface area contributed by atoms with Crippen molar-refractivity contribution in [2.45, 2.75) is 12.8 Å². The molecule has 3 aliphatic rings. The van der Waals surface area contributed by atoms with E-state index in [1.165, 1.54) is 6.07 Å². The first-order valence-electron chi connectivity index (χ1n) is 9.45. The maximum absolute atomic E-state index is 14.0. The Bertz CT molecular complexity index is 874. The van der Waals surface area contributed by atoms with Gasteiger partial charge in [0.2, 0.25) is 0 Å². The standard InChI is InChI=1S/C21H21FN2O3/c22-16-3-1-2-4-17(16)23-7-9-24(10-8-23)21(25)19-15-6-12-26-18(15)13-14-5-11-27-20(14)19/h1-4,13H,5-12H2. The SMILES string of the molecule is O=C(c1c2c(cc3c1OCC3)OCC2)N1CCN(c2ccccc2F)CC1. The summed E-state index contributed by atoms with van der Waals surface area (Å²) in [4.78, 5) is 17.2. The molecule has 0 aromatic heterocycles. The number of anilines is 1. The average molecular weight is 368 g/mol. The van der Waals surface area contributed by atoms with E-state index in [1.54, 1.807) is 12.1 Å². The molecule has 0 bridgehead atoms. The van der Waals surface area contributed by atoms with Crippen LogP contribution >= 0.6 is 0 Å². The van der Waals surface area contributed by atoms with Crippen LogP contribution in [0.25, 0.3) is 0 Å². The van der Waals surface area contributed by atoms with Crippen LogP contribution in [0.15, 0.2) is 30.3 Å². The van der Waals surface area contributed by atoms with Gasteiger partial charge in [-0.25, -0.2) is 4.39 Å². The first kappa shape index (κ1) is 16.4. The summed E-state index contributed by atoms with van der Waals surface area (Å²) in [6.45, 7) is 3.57. The van der Waals surface area contributed by atoms with Crippen molar-refractivity contribution in [2.24, 2.45) is 0 Å². The van der Waals surface area contributed by atoms with Crippen molar-refractivity contribution >= 4 is 11.6 Å². The number of para-hydroxylation sites is 1. The van der Waals surface area contributed by atoms with Gasteiger partial charge in [0.25, 0.3) is 5.91 Å². The largest absolute Gasteiger partial charge is 0.493 e. The number of amides is 1. The fourth-order valence-electron chi connectivity index (χ4n) is 4.23. The molecule has 0 atom stereocenters. The van der Waals surface area contributed by atoms with Gasteiger partial charge < -0.3 is 19.3 Å². The van der Waals surface area contributed by atoms with Crippen LogP contribution in [0.2, 0.25) is 0 Å². The lowest BCUT2D eigenvalue weighted by molar-refractivity contribution is 0.0742. The molecular weight excluding hydrogens is 347 g/mol. The van der Waals surface area contributed by atoms with E-state index in [-0.39, 0.29) is 11.7 Å². The predicted octanol–water partition coefficient (Wildman–Crippen LogP) is 2.66. The molecule has 2 aromatic carbocycles. The van der Waals surface area contributed by atoms with E-state index in [0.29, 0.717) is 50.6 Å². The van der Waals surface area contributed by atoms with E-state index in [0.717, 1.165) is 35.5 Å². The van der Waals surface area contributed by atoms with Gasteiger partial charge >= 0.3 is 0 Å². The number of carbonyl (C=O) groups is 1. The second-order valence-corrected chi connectivity index (χ2v) is 7.14. The first-order chi connectivity index (χ1) is 13.2. The van der Waals surface area contributed by atoms with Gasteiger partial charge in [-0.3, -0.25) is 4.79 Å². The quantitative estimate of drug-likeness (QED) is 0.817. The molecule has 2 aromatic rings. The van der Waals surface area contributed by atoms with Gasteiger partial charge in [0.15, 0.2) is 0 Å². The Balaban J connectivity index is 1.39. The molecule has 1 fully saturated rings. The molecule has 6 heteroatoms. The van der Waals surface area contributed by atoms with Crippen molar-refractivity contribution in [1.29, 1.82) is 0 Å². The number of carbonyl (C=O) groups excluding carboxylic acids is 1. The number of piperazine rings is 1. The minimum atomic E-state index is -0.221. The summed E-state index contributed by atoms with van der Waals surface area (Å²) >= 11 is 0. The van der Waals surface area contributed by atoms with E-state index in [9.17, 15) is 9.18 Å². The second kappa shape index (κ2) is 6.44. The summed E-state index contributed by atoms with van der Waals surface area (Å²) in [6.07, 6.45) is 1.55. The van der Waals surface area contributed by atoms with Crippen LogP contribution in [-0.2, 0) is 12.8 Å². The number of hydrogen-bond donors (Lipinski definition) is 0. The zero-order valence-corrected chi connectivity index (χ0v) is 15.0. The van der Waals surface area contributed by atoms with Crippen LogP contribution in [-0.4, -0.2) is 50.2 Å². The van der Waals surface area contributed by atoms with E-state index >= 15 is 0 Å². The molecule has 0 radical (unpaired) electrons. The zero-order valence-electron chi connectivity index (χ0n) is 15.0. The van der Waals surface area contributed by atoms with Crippen LogP contribution in [0, 0.1) is 5.82 Å². The third-order valence-electron chi connectivity index (χ3n) is 5.62. The van der Waals surface area contributed by atoms with Gasteiger partial charge in [0.1, 0.15) is 17.3 Å². The normalized spacial score (nSPS) is 18.0. The monoisotopic (exact) mass is 368 g/mol. The molecule has 5 nitrogen and oxygen atoms in total. The minimum Gasteiger partial charge on any atom is -0.493 e. The van der Waals surface area contributed by atoms with Crippen molar-refractivity contribution < 1.29 is 18.7 Å². The van der Waals surface area contributed by atoms with Gasteiger partial charge in [-0.15, -0.1) is 0 Å². The number of nitrogens with zero attached hydrogens (tertiary/aromatic N) is 2. The Hall–Kier alpha value is -2.76. The minimum absolute atomic E-state index is 0.00341. The molecule has 5 rings (SSSR count). The first-order valence-corrected chi connectivity index (χ1v) is 9.45. The smallest absolute Gasteiger partial charge is 0.258 e. The summed E-state index contributed by atoms with van der Waals surface area (Å²) in [5.74, 6) is 1.35. The highest BCUT2D eigenvalue weighted by Gasteiger charge is 2.33. The van der Waals surface area contributed by atoms with Gasteiger partial charge in [0, 0.05) is 50.1 Å². The molecule has 27 heavy (non-hydrogen) atoms. The van der Waals surface area contributed by atoms with Crippen molar-refractivity contribution in [3.05, 3.63) is 52.8 Å². The maximum atomic E-state index is 14.0. The van der Waals surface area contributed by atoms with E-state index < -0.39 is 0 Å². The summed E-state index contributed by atoms with van der Waals surface area (Å²) in [7, 11) is 0. The van der Waals surface area contributed by atoms with Gasteiger partial charge in [-0.2, -0.15) is 0 Å². The molecule has 0 aliphatic carbocycles. The van der Waals surface area contributed by atoms with E-state index in [1.807, 2.05) is 21.9 Å². The molecular formula is C21H21FN2O3. The molecule has 3 aliphatic heterocycles. The van der Waals surface area contributed by atoms with E-state index in [4.69, 9.17) is 9.47 Å². The lowest BCUT2D eigenvalue weighted by Crippen LogP contribution is -2.49. The molecule has 0 saturated carbocycles. The zero-order chi connectivity index (χ0) is 18.4. The summed E-state index contributed by atoms with van der Waals surface area (Å²) in [5, 5.41) is 0. The Morgan fingerprint density at radius 1 is 1.00 bits per heavy atom. The number of benzene rings is 2. The highest BCUT2D eigenvalue weighted by Crippen LogP contribution is 2.41. The molecule has 1 amide bonds. The number of halogens is 1. The van der Waals surface area contributed by atoms with Crippen LogP contribution in [0.4, 0.5) is 10.1 Å². The number of ether oxygens (including phenoxy) is 2. The lowest BCUT2D eigenvalue weighted by Gasteiger charge is -2.36. The maximum Gasteiger partial charge on any atom is 0.258 e. The summed E-state index contributed by atoms with van der Waals surface area (Å²) in [5.41, 5.74) is 3.31. The van der Waals surface area contributed by atoms with Gasteiger partial charge in [0.05, 0.1) is 24.5 Å². The number of hydrogen-bond acceptors (Lipinski definition) is 4. The Kier molecular flexibility index (Phi) is 3.92. The molecule has 0 unspecified atom stereocenters. The van der Waals surface area contributed by atoms with Crippen molar-refractivity contribution in [2.75, 3.05) is 44.3 Å². The highest BCUT2D eigenvalue weighted by atomic mass is 19.1. The molecule has 3 heterocycles. The molecule has 1 saturated heterocycles. The van der Waals surface area contributed by atoms with Gasteiger partial charge in [-0.05, 0) is 18.2 Å². The third-order valence-corrected chi connectivity index (χ3v) is 5.62. The number of rotatable bonds is 2. The topological polar surface area (TPSA) is 42.0 Å². The van der Waals surface area contributed by atoms with Crippen LogP contribution in [0.3, 0.4) is 0 Å². The fourth-order valence-corrected chi connectivity index (χ4v) is 4.23. The molecule has 0 spiro atoms. The highest BCUT2D eigenvalue weighted by molar-refractivity contribution is 6.00. The predicted molar refractivity (Wildman–Crippen MR) is 99.4 cm³/mol. The van der Waals surface area contributed by atoms with Crippen LogP contribution in [0.1, 0.15) is 21.5 Å². The second-order valence-electron chi connectivity index (χ2n) is 7.14. The summed E-state index contributed by atoms with van der Waals surface area (Å²) in [6, 6.07) is 8.81. The number of fused-ring (bicyclic) bond motifs is 2. The third kappa shape index (κ3) is 2.71. The fraction of sp³-hybridized carbons (Fsp3) is 0.381.